The number of carboxylic acids is 1. The Hall–Kier alpha value is -2.00. The Bertz CT molecular complexity index is 580. The molecule has 1 aliphatic heterocycles. The van der Waals surface area contributed by atoms with Crippen LogP contribution < -0.4 is 4.90 Å². The van der Waals surface area contributed by atoms with Gasteiger partial charge in [-0.15, -0.1) is 12.4 Å². The predicted molar refractivity (Wildman–Crippen MR) is 77.7 cm³/mol. The quantitative estimate of drug-likeness (QED) is 0.867. The summed E-state index contributed by atoms with van der Waals surface area (Å²) in [5, 5.41) is 9.50. The summed E-state index contributed by atoms with van der Waals surface area (Å²) in [5.74, 6) is -1.38. The number of halogens is 1. The van der Waals surface area contributed by atoms with Gasteiger partial charge in [-0.1, -0.05) is 36.4 Å². The van der Waals surface area contributed by atoms with Crippen LogP contribution in [0.2, 0.25) is 0 Å². The number of hydrogen-bond acceptors (Lipinski definition) is 2. The summed E-state index contributed by atoms with van der Waals surface area (Å²) in [6.45, 7) is 0. The van der Waals surface area contributed by atoms with E-state index in [9.17, 15) is 9.90 Å². The van der Waals surface area contributed by atoms with Gasteiger partial charge in [0.1, 0.15) is 5.92 Å². The first-order valence-electron chi connectivity index (χ1n) is 5.84. The number of benzene rings is 2. The molecule has 3 nitrogen and oxygen atoms in total. The highest BCUT2D eigenvalue weighted by Gasteiger charge is 2.32. The molecule has 0 saturated carbocycles. The van der Waals surface area contributed by atoms with Crippen LogP contribution >= 0.6 is 12.4 Å². The van der Waals surface area contributed by atoms with E-state index in [4.69, 9.17) is 0 Å². The summed E-state index contributed by atoms with van der Waals surface area (Å²) in [6.07, 6.45) is 0. The molecular formula is C15H14ClNO2. The zero-order valence-corrected chi connectivity index (χ0v) is 11.2. The van der Waals surface area contributed by atoms with Crippen LogP contribution in [0.4, 0.5) is 11.4 Å². The number of para-hydroxylation sites is 2. The van der Waals surface area contributed by atoms with Crippen molar-refractivity contribution in [3.8, 4) is 0 Å². The molecule has 0 bridgehead atoms. The van der Waals surface area contributed by atoms with Crippen molar-refractivity contribution in [2.24, 2.45) is 0 Å². The molecule has 0 aromatic heterocycles. The summed E-state index contributed by atoms with van der Waals surface area (Å²) in [6, 6.07) is 15.3. The van der Waals surface area contributed by atoms with Crippen LogP contribution in [0.25, 0.3) is 0 Å². The molecule has 98 valence electrons. The highest BCUT2D eigenvalue weighted by atomic mass is 35.5. The Balaban J connectivity index is 0.00000133. The van der Waals surface area contributed by atoms with E-state index in [0.717, 1.165) is 22.5 Å². The third-order valence-corrected chi connectivity index (χ3v) is 3.47. The van der Waals surface area contributed by atoms with Gasteiger partial charge in [0, 0.05) is 18.4 Å². The van der Waals surface area contributed by atoms with Crippen LogP contribution in [-0.4, -0.2) is 18.1 Å². The molecular weight excluding hydrogens is 262 g/mol. The maximum absolute atomic E-state index is 11.6. The molecule has 0 spiro atoms. The highest BCUT2D eigenvalue weighted by molar-refractivity contribution is 5.90. The number of carbonyl (C=O) groups is 1. The minimum atomic E-state index is -0.803. The molecule has 4 heteroatoms. The minimum absolute atomic E-state index is 0. The SMILES string of the molecule is CN1c2ccccc2C(C(=O)O)c2ccccc21.Cl. The van der Waals surface area contributed by atoms with Gasteiger partial charge in [0.15, 0.2) is 0 Å². The molecule has 0 amide bonds. The van der Waals surface area contributed by atoms with Gasteiger partial charge in [-0.2, -0.15) is 0 Å². The molecule has 0 saturated heterocycles. The van der Waals surface area contributed by atoms with Gasteiger partial charge in [-0.05, 0) is 23.3 Å². The van der Waals surface area contributed by atoms with Crippen molar-refractivity contribution >= 4 is 29.8 Å². The lowest BCUT2D eigenvalue weighted by atomic mass is 9.85. The number of aliphatic carboxylic acids is 1. The first kappa shape index (κ1) is 13.4. The van der Waals surface area contributed by atoms with E-state index in [0.29, 0.717) is 0 Å². The molecule has 0 fully saturated rings. The van der Waals surface area contributed by atoms with Gasteiger partial charge in [0.25, 0.3) is 0 Å². The van der Waals surface area contributed by atoms with Crippen molar-refractivity contribution in [2.45, 2.75) is 5.92 Å². The van der Waals surface area contributed by atoms with Crippen molar-refractivity contribution in [1.29, 1.82) is 0 Å². The summed E-state index contributed by atoms with van der Waals surface area (Å²) < 4.78 is 0. The summed E-state index contributed by atoms with van der Waals surface area (Å²) in [7, 11) is 1.97. The Morgan fingerprint density at radius 3 is 1.84 bits per heavy atom. The van der Waals surface area contributed by atoms with Gasteiger partial charge in [-0.25, -0.2) is 0 Å². The molecule has 0 unspecified atom stereocenters. The molecule has 19 heavy (non-hydrogen) atoms. The third kappa shape index (κ3) is 1.96. The zero-order chi connectivity index (χ0) is 12.7. The van der Waals surface area contributed by atoms with Crippen LogP contribution in [0.3, 0.4) is 0 Å². The Morgan fingerprint density at radius 2 is 1.42 bits per heavy atom. The lowest BCUT2D eigenvalue weighted by Crippen LogP contribution is -2.25. The molecule has 1 aliphatic rings. The van der Waals surface area contributed by atoms with E-state index in [1.54, 1.807) is 0 Å². The highest BCUT2D eigenvalue weighted by Crippen LogP contribution is 2.44. The summed E-state index contributed by atoms with van der Waals surface area (Å²) >= 11 is 0. The molecule has 0 atom stereocenters. The maximum Gasteiger partial charge on any atom is 0.315 e. The molecule has 2 aromatic rings. The molecule has 1 N–H and O–H groups in total. The molecule has 0 radical (unpaired) electrons. The number of nitrogens with zero attached hydrogens (tertiary/aromatic N) is 1. The van der Waals surface area contributed by atoms with E-state index in [2.05, 4.69) is 0 Å². The zero-order valence-electron chi connectivity index (χ0n) is 10.4. The molecule has 3 rings (SSSR count). The van der Waals surface area contributed by atoms with E-state index >= 15 is 0 Å². The van der Waals surface area contributed by atoms with Crippen LogP contribution in [-0.2, 0) is 4.79 Å². The van der Waals surface area contributed by atoms with Crippen LogP contribution in [0, 0.1) is 0 Å². The van der Waals surface area contributed by atoms with Crippen LogP contribution in [0.5, 0.6) is 0 Å². The Kier molecular flexibility index (Phi) is 3.49. The maximum atomic E-state index is 11.6. The van der Waals surface area contributed by atoms with Crippen molar-refractivity contribution in [3.05, 3.63) is 59.7 Å². The van der Waals surface area contributed by atoms with Gasteiger partial charge < -0.3 is 10.0 Å². The number of fused-ring (bicyclic) bond motifs is 2. The van der Waals surface area contributed by atoms with E-state index in [-0.39, 0.29) is 12.4 Å². The van der Waals surface area contributed by atoms with Gasteiger partial charge in [0.2, 0.25) is 0 Å². The minimum Gasteiger partial charge on any atom is -0.481 e. The lowest BCUT2D eigenvalue weighted by molar-refractivity contribution is -0.137. The second kappa shape index (κ2) is 4.94. The monoisotopic (exact) mass is 275 g/mol. The number of rotatable bonds is 1. The third-order valence-electron chi connectivity index (χ3n) is 3.47. The largest absolute Gasteiger partial charge is 0.481 e. The van der Waals surface area contributed by atoms with E-state index in [1.165, 1.54) is 0 Å². The summed E-state index contributed by atoms with van der Waals surface area (Å²) in [4.78, 5) is 13.6. The molecule has 0 aliphatic carbocycles. The second-order valence-electron chi connectivity index (χ2n) is 4.45. The summed E-state index contributed by atoms with van der Waals surface area (Å²) in [5.41, 5.74) is 3.63. The first-order chi connectivity index (χ1) is 8.70. The Labute approximate surface area is 117 Å². The van der Waals surface area contributed by atoms with Crippen LogP contribution in [0.1, 0.15) is 17.0 Å². The predicted octanol–water partition coefficient (Wildman–Crippen LogP) is 3.41. The fourth-order valence-electron chi connectivity index (χ4n) is 2.64. The fraction of sp³-hybridized carbons (Fsp3) is 0.133. The van der Waals surface area contributed by atoms with Crippen molar-refractivity contribution < 1.29 is 9.90 Å². The standard InChI is InChI=1S/C15H13NO2.ClH/c1-16-12-8-4-2-6-10(12)14(15(17)18)11-7-3-5-9-13(11)16;/h2-9,14H,1H3,(H,17,18);1H. The Morgan fingerprint density at radius 1 is 1.00 bits per heavy atom. The van der Waals surface area contributed by atoms with Gasteiger partial charge >= 0.3 is 5.97 Å². The second-order valence-corrected chi connectivity index (χ2v) is 4.45. The van der Waals surface area contributed by atoms with Gasteiger partial charge in [-0.3, -0.25) is 4.79 Å². The van der Waals surface area contributed by atoms with Crippen LogP contribution in [0.15, 0.2) is 48.5 Å². The number of carboxylic acid groups (broad SMARTS) is 1. The number of hydrogen-bond donors (Lipinski definition) is 1. The average molecular weight is 276 g/mol. The smallest absolute Gasteiger partial charge is 0.315 e. The first-order valence-corrected chi connectivity index (χ1v) is 5.84. The normalized spacial score (nSPS) is 13.2. The van der Waals surface area contributed by atoms with E-state index < -0.39 is 11.9 Å². The fourth-order valence-corrected chi connectivity index (χ4v) is 2.64. The van der Waals surface area contributed by atoms with Gasteiger partial charge in [0.05, 0.1) is 0 Å². The van der Waals surface area contributed by atoms with Crippen molar-refractivity contribution in [2.75, 3.05) is 11.9 Å². The molecule has 2 aromatic carbocycles. The topological polar surface area (TPSA) is 40.5 Å². The lowest BCUT2D eigenvalue weighted by Gasteiger charge is -2.33. The van der Waals surface area contributed by atoms with Crippen molar-refractivity contribution in [1.82, 2.24) is 0 Å². The van der Waals surface area contributed by atoms with E-state index in [1.807, 2.05) is 60.5 Å². The average Bonchev–Trinajstić information content (AvgIpc) is 2.39. The van der Waals surface area contributed by atoms with Crippen molar-refractivity contribution in [3.63, 3.8) is 0 Å². The number of anilines is 2. The molecule has 1 heterocycles.